The minimum absolute atomic E-state index is 0.108. The van der Waals surface area contributed by atoms with Crippen LogP contribution in [0.1, 0.15) is 44.2 Å². The molecule has 0 aliphatic rings. The average molecular weight is 275 g/mol. The molecule has 0 amide bonds. The van der Waals surface area contributed by atoms with Crippen molar-refractivity contribution in [1.82, 2.24) is 10.1 Å². The fourth-order valence-corrected chi connectivity index (χ4v) is 2.10. The topological polar surface area (TPSA) is 74.2 Å². The first-order valence-corrected chi connectivity index (χ1v) is 6.97. The van der Waals surface area contributed by atoms with Crippen molar-refractivity contribution in [2.75, 3.05) is 12.3 Å². The highest BCUT2D eigenvalue weighted by Crippen LogP contribution is 2.27. The Morgan fingerprint density at radius 3 is 2.85 bits per heavy atom. The van der Waals surface area contributed by atoms with E-state index in [4.69, 9.17) is 15.0 Å². The van der Waals surface area contributed by atoms with E-state index in [0.29, 0.717) is 24.0 Å². The predicted molar refractivity (Wildman–Crippen MR) is 78.2 cm³/mol. The van der Waals surface area contributed by atoms with Crippen LogP contribution in [0.5, 0.6) is 0 Å². The minimum atomic E-state index is -0.108. The van der Waals surface area contributed by atoms with E-state index in [1.54, 1.807) is 0 Å². The molecule has 0 radical (unpaired) electrons. The van der Waals surface area contributed by atoms with Crippen molar-refractivity contribution in [1.29, 1.82) is 0 Å². The molecule has 0 saturated heterocycles. The Bertz CT molecular complexity index is 560. The molecule has 5 heteroatoms. The molecule has 0 fully saturated rings. The normalized spacial score (nSPS) is 12.6. The van der Waals surface area contributed by atoms with E-state index >= 15 is 0 Å². The third-order valence-electron chi connectivity index (χ3n) is 3.14. The third-order valence-corrected chi connectivity index (χ3v) is 3.14. The molecule has 0 bridgehead atoms. The second-order valence-corrected chi connectivity index (χ2v) is 4.76. The zero-order chi connectivity index (χ0) is 14.5. The molecule has 1 atom stereocenters. The van der Waals surface area contributed by atoms with Crippen LogP contribution in [-0.4, -0.2) is 16.7 Å². The molecule has 0 aliphatic carbocycles. The lowest BCUT2D eigenvalue weighted by molar-refractivity contribution is 0.0478. The van der Waals surface area contributed by atoms with Gasteiger partial charge >= 0.3 is 0 Å². The van der Waals surface area contributed by atoms with E-state index in [9.17, 15) is 0 Å². The molecule has 108 valence electrons. The Kier molecular flexibility index (Phi) is 4.74. The summed E-state index contributed by atoms with van der Waals surface area (Å²) in [5.74, 6) is 1.09. The third kappa shape index (κ3) is 3.17. The molecule has 2 aromatic rings. The first-order chi connectivity index (χ1) is 9.65. The number of aromatic nitrogens is 2. The van der Waals surface area contributed by atoms with Crippen LogP contribution >= 0.6 is 0 Å². The number of rotatable bonds is 6. The maximum absolute atomic E-state index is 5.81. The van der Waals surface area contributed by atoms with E-state index in [0.717, 1.165) is 24.0 Å². The van der Waals surface area contributed by atoms with Gasteiger partial charge in [-0.15, -0.1) is 0 Å². The lowest BCUT2D eigenvalue weighted by Crippen LogP contribution is -2.06. The highest BCUT2D eigenvalue weighted by molar-refractivity contribution is 5.63. The summed E-state index contributed by atoms with van der Waals surface area (Å²) in [5.41, 5.74) is 8.42. The number of hydrogen-bond acceptors (Lipinski definition) is 5. The molecule has 1 aromatic carbocycles. The first-order valence-electron chi connectivity index (χ1n) is 6.97. The van der Waals surface area contributed by atoms with Crippen LogP contribution in [0.4, 0.5) is 5.69 Å². The summed E-state index contributed by atoms with van der Waals surface area (Å²) >= 11 is 0. The second kappa shape index (κ2) is 6.52. The molecular formula is C15H21N3O2. The summed E-state index contributed by atoms with van der Waals surface area (Å²) in [7, 11) is 0. The van der Waals surface area contributed by atoms with E-state index in [-0.39, 0.29) is 6.10 Å². The Hall–Kier alpha value is -1.88. The Balaban J connectivity index is 2.29. The number of anilines is 1. The van der Waals surface area contributed by atoms with Gasteiger partial charge in [0.15, 0.2) is 0 Å². The lowest BCUT2D eigenvalue weighted by Gasteiger charge is -2.11. The SMILES string of the molecule is CCCC(OCC)c1noc(-c2cc(N)ccc2C)n1. The zero-order valence-corrected chi connectivity index (χ0v) is 12.2. The van der Waals surface area contributed by atoms with Gasteiger partial charge in [0.05, 0.1) is 0 Å². The van der Waals surface area contributed by atoms with Gasteiger partial charge in [-0.3, -0.25) is 0 Å². The summed E-state index contributed by atoms with van der Waals surface area (Å²) in [4.78, 5) is 4.46. The monoisotopic (exact) mass is 275 g/mol. The van der Waals surface area contributed by atoms with Crippen LogP contribution in [0.2, 0.25) is 0 Å². The van der Waals surface area contributed by atoms with E-state index in [2.05, 4.69) is 17.1 Å². The molecular weight excluding hydrogens is 254 g/mol. The molecule has 2 N–H and O–H groups in total. The average Bonchev–Trinajstić information content (AvgIpc) is 2.91. The summed E-state index contributed by atoms with van der Waals surface area (Å²) in [6, 6.07) is 5.65. The number of ether oxygens (including phenoxy) is 1. The number of nitrogen functional groups attached to an aromatic ring is 1. The van der Waals surface area contributed by atoms with Crippen LogP contribution < -0.4 is 5.73 Å². The van der Waals surface area contributed by atoms with Crippen LogP contribution in [0.15, 0.2) is 22.7 Å². The maximum atomic E-state index is 5.81. The molecule has 0 saturated carbocycles. The molecule has 5 nitrogen and oxygen atoms in total. The minimum Gasteiger partial charge on any atom is -0.399 e. The molecule has 1 aromatic heterocycles. The van der Waals surface area contributed by atoms with Crippen molar-refractivity contribution < 1.29 is 9.26 Å². The van der Waals surface area contributed by atoms with Crippen molar-refractivity contribution in [3.05, 3.63) is 29.6 Å². The van der Waals surface area contributed by atoms with Crippen molar-refractivity contribution >= 4 is 5.69 Å². The van der Waals surface area contributed by atoms with Crippen molar-refractivity contribution in [2.45, 2.75) is 39.7 Å². The summed E-state index contributed by atoms with van der Waals surface area (Å²) < 4.78 is 11.0. The maximum Gasteiger partial charge on any atom is 0.258 e. The molecule has 2 rings (SSSR count). The number of nitrogens with zero attached hydrogens (tertiary/aromatic N) is 2. The van der Waals surface area contributed by atoms with Gasteiger partial charge in [0, 0.05) is 17.9 Å². The van der Waals surface area contributed by atoms with Crippen molar-refractivity contribution in [3.63, 3.8) is 0 Å². The molecule has 1 heterocycles. The fraction of sp³-hybridized carbons (Fsp3) is 0.467. The highest BCUT2D eigenvalue weighted by atomic mass is 16.5. The lowest BCUT2D eigenvalue weighted by atomic mass is 10.1. The fourth-order valence-electron chi connectivity index (χ4n) is 2.10. The summed E-state index contributed by atoms with van der Waals surface area (Å²) in [6.45, 7) is 6.69. The Morgan fingerprint density at radius 1 is 1.35 bits per heavy atom. The van der Waals surface area contributed by atoms with Gasteiger partial charge in [0.1, 0.15) is 6.10 Å². The number of hydrogen-bond donors (Lipinski definition) is 1. The van der Waals surface area contributed by atoms with Crippen LogP contribution in [0, 0.1) is 6.92 Å². The van der Waals surface area contributed by atoms with Crippen LogP contribution in [-0.2, 0) is 4.74 Å². The van der Waals surface area contributed by atoms with Gasteiger partial charge in [-0.25, -0.2) is 0 Å². The van der Waals surface area contributed by atoms with Gasteiger partial charge in [0.25, 0.3) is 5.89 Å². The smallest absolute Gasteiger partial charge is 0.258 e. The van der Waals surface area contributed by atoms with Gasteiger partial charge in [-0.2, -0.15) is 4.98 Å². The summed E-state index contributed by atoms with van der Waals surface area (Å²) in [6.07, 6.45) is 1.78. The van der Waals surface area contributed by atoms with E-state index in [1.807, 2.05) is 32.0 Å². The van der Waals surface area contributed by atoms with Gasteiger partial charge in [0.2, 0.25) is 5.82 Å². The molecule has 20 heavy (non-hydrogen) atoms. The Morgan fingerprint density at radius 2 is 2.15 bits per heavy atom. The van der Waals surface area contributed by atoms with Crippen molar-refractivity contribution in [3.8, 4) is 11.5 Å². The van der Waals surface area contributed by atoms with Gasteiger partial charge in [-0.1, -0.05) is 24.6 Å². The zero-order valence-electron chi connectivity index (χ0n) is 12.2. The number of aryl methyl sites for hydroxylation is 1. The number of nitrogens with two attached hydrogens (primary N) is 1. The highest BCUT2D eigenvalue weighted by Gasteiger charge is 2.19. The van der Waals surface area contributed by atoms with Gasteiger partial charge < -0.3 is 15.0 Å². The van der Waals surface area contributed by atoms with Crippen LogP contribution in [0.3, 0.4) is 0 Å². The summed E-state index contributed by atoms with van der Waals surface area (Å²) in [5, 5.41) is 4.05. The van der Waals surface area contributed by atoms with E-state index in [1.165, 1.54) is 0 Å². The van der Waals surface area contributed by atoms with E-state index < -0.39 is 0 Å². The molecule has 0 aliphatic heterocycles. The Labute approximate surface area is 119 Å². The number of benzene rings is 1. The van der Waals surface area contributed by atoms with Crippen molar-refractivity contribution in [2.24, 2.45) is 0 Å². The van der Waals surface area contributed by atoms with Crippen LogP contribution in [0.25, 0.3) is 11.5 Å². The largest absolute Gasteiger partial charge is 0.399 e. The molecule has 0 spiro atoms. The first kappa shape index (κ1) is 14.5. The molecule has 1 unspecified atom stereocenters. The standard InChI is InChI=1S/C15H21N3O2/c1-4-6-13(19-5-2)14-17-15(20-18-14)12-9-11(16)8-7-10(12)3/h7-9,13H,4-6,16H2,1-3H3. The second-order valence-electron chi connectivity index (χ2n) is 4.76. The predicted octanol–water partition coefficient (Wildman–Crippen LogP) is 3.50. The quantitative estimate of drug-likeness (QED) is 0.817. The van der Waals surface area contributed by atoms with Gasteiger partial charge in [-0.05, 0) is 38.0 Å².